The van der Waals surface area contributed by atoms with Gasteiger partial charge in [0.1, 0.15) is 0 Å². The number of rotatable bonds is 3. The highest BCUT2D eigenvalue weighted by Gasteiger charge is 2.40. The first-order chi connectivity index (χ1) is 10.9. The predicted molar refractivity (Wildman–Crippen MR) is 95.9 cm³/mol. The van der Waals surface area contributed by atoms with Crippen molar-refractivity contribution in [2.45, 2.75) is 38.8 Å². The molecule has 1 aliphatic heterocycles. The lowest BCUT2D eigenvalue weighted by Gasteiger charge is -2.38. The number of carbonyl (C=O) groups excluding carboxylic acids is 1. The van der Waals surface area contributed by atoms with Gasteiger partial charge in [-0.2, -0.15) is 0 Å². The number of aryl methyl sites for hydroxylation is 1. The summed E-state index contributed by atoms with van der Waals surface area (Å²) in [6.45, 7) is 4.08. The van der Waals surface area contributed by atoms with E-state index in [0.29, 0.717) is 6.04 Å². The van der Waals surface area contributed by atoms with E-state index in [1.807, 2.05) is 13.0 Å². The number of nitrogens with zero attached hydrogens (tertiary/aromatic N) is 2. The van der Waals surface area contributed by atoms with E-state index in [-0.39, 0.29) is 11.9 Å². The van der Waals surface area contributed by atoms with Crippen molar-refractivity contribution in [1.82, 2.24) is 15.1 Å². The van der Waals surface area contributed by atoms with Gasteiger partial charge in [0.15, 0.2) is 5.11 Å². The normalized spacial score (nSPS) is 21.3. The minimum absolute atomic E-state index is 0.0367. The molecule has 4 nitrogen and oxygen atoms in total. The molecule has 0 radical (unpaired) electrons. The van der Waals surface area contributed by atoms with Gasteiger partial charge in [-0.3, -0.25) is 4.79 Å². The van der Waals surface area contributed by atoms with Crippen molar-refractivity contribution in [2.24, 2.45) is 0 Å². The van der Waals surface area contributed by atoms with Crippen LogP contribution in [0.25, 0.3) is 0 Å². The van der Waals surface area contributed by atoms with Gasteiger partial charge in [-0.25, -0.2) is 0 Å². The monoisotopic (exact) mass is 329 g/mol. The van der Waals surface area contributed by atoms with Crippen molar-refractivity contribution < 1.29 is 4.79 Å². The van der Waals surface area contributed by atoms with Crippen molar-refractivity contribution in [1.29, 1.82) is 0 Å². The number of hydrogen-bond donors (Lipinski definition) is 1. The van der Waals surface area contributed by atoms with Crippen LogP contribution in [0.4, 0.5) is 0 Å². The van der Waals surface area contributed by atoms with Gasteiger partial charge in [-0.15, -0.1) is 0 Å². The van der Waals surface area contributed by atoms with Gasteiger partial charge in [0.25, 0.3) is 5.91 Å². The van der Waals surface area contributed by atoms with Crippen molar-refractivity contribution >= 4 is 23.2 Å². The standard InChI is InChI=1S/C18H23N3OS/c1-11-6-5-7-13(10-11)16-15(17(22)20(3)4)12(2)21(14-8-9-14)18(23)19-16/h5-7,10,14,16H,8-9H2,1-4H3,(H,19,23). The number of carbonyl (C=O) groups is 1. The average molecular weight is 329 g/mol. The van der Waals surface area contributed by atoms with E-state index in [0.717, 1.165) is 34.8 Å². The molecule has 0 bridgehead atoms. The van der Waals surface area contributed by atoms with E-state index in [1.165, 1.54) is 5.56 Å². The smallest absolute Gasteiger partial charge is 0.253 e. The summed E-state index contributed by atoms with van der Waals surface area (Å²) in [6.07, 6.45) is 2.27. The van der Waals surface area contributed by atoms with Crippen LogP contribution in [0.15, 0.2) is 35.5 Å². The van der Waals surface area contributed by atoms with Crippen LogP contribution in [0.2, 0.25) is 0 Å². The quantitative estimate of drug-likeness (QED) is 0.865. The van der Waals surface area contributed by atoms with Crippen LogP contribution in [-0.4, -0.2) is 41.0 Å². The summed E-state index contributed by atoms with van der Waals surface area (Å²) < 4.78 is 0. The molecule has 5 heteroatoms. The summed E-state index contributed by atoms with van der Waals surface area (Å²) >= 11 is 5.59. The zero-order valence-electron chi connectivity index (χ0n) is 14.1. The Kier molecular flexibility index (Phi) is 4.15. The zero-order chi connectivity index (χ0) is 16.7. The van der Waals surface area contributed by atoms with E-state index in [2.05, 4.69) is 35.3 Å². The third-order valence-electron chi connectivity index (χ3n) is 4.45. The fourth-order valence-electron chi connectivity index (χ4n) is 3.15. The van der Waals surface area contributed by atoms with Gasteiger partial charge in [0, 0.05) is 25.8 Å². The first-order valence-electron chi connectivity index (χ1n) is 7.99. The summed E-state index contributed by atoms with van der Waals surface area (Å²) in [6, 6.07) is 8.51. The minimum Gasteiger partial charge on any atom is -0.351 e. The number of thiocarbonyl (C=S) groups is 1. The molecule has 1 aliphatic carbocycles. The van der Waals surface area contributed by atoms with Crippen molar-refractivity contribution in [2.75, 3.05) is 14.1 Å². The minimum atomic E-state index is -0.188. The van der Waals surface area contributed by atoms with Gasteiger partial charge in [-0.1, -0.05) is 29.8 Å². The van der Waals surface area contributed by atoms with Crippen LogP contribution < -0.4 is 5.32 Å². The van der Waals surface area contributed by atoms with Crippen LogP contribution in [0, 0.1) is 6.92 Å². The zero-order valence-corrected chi connectivity index (χ0v) is 14.9. The van der Waals surface area contributed by atoms with Crippen LogP contribution >= 0.6 is 12.2 Å². The fraction of sp³-hybridized carbons (Fsp3) is 0.444. The SMILES string of the molecule is CC1=C(C(=O)N(C)C)C(c2cccc(C)c2)NC(=S)N1C1CC1. The molecule has 0 aromatic heterocycles. The van der Waals surface area contributed by atoms with Crippen molar-refractivity contribution in [3.8, 4) is 0 Å². The number of hydrogen-bond acceptors (Lipinski definition) is 2. The van der Waals surface area contributed by atoms with Crippen LogP contribution in [0.5, 0.6) is 0 Å². The fourth-order valence-corrected chi connectivity index (χ4v) is 3.55. The van der Waals surface area contributed by atoms with E-state index in [1.54, 1.807) is 19.0 Å². The molecule has 3 rings (SSSR count). The topological polar surface area (TPSA) is 35.6 Å². The Labute approximate surface area is 143 Å². The molecule has 1 saturated carbocycles. The molecule has 23 heavy (non-hydrogen) atoms. The molecule has 1 fully saturated rings. The number of benzene rings is 1. The van der Waals surface area contributed by atoms with E-state index in [4.69, 9.17) is 12.2 Å². The van der Waals surface area contributed by atoms with Gasteiger partial charge in [0.2, 0.25) is 0 Å². The summed E-state index contributed by atoms with van der Waals surface area (Å²) in [5.41, 5.74) is 4.03. The van der Waals surface area contributed by atoms with Crippen LogP contribution in [-0.2, 0) is 4.79 Å². The van der Waals surface area contributed by atoms with E-state index >= 15 is 0 Å². The predicted octanol–water partition coefficient (Wildman–Crippen LogP) is 2.75. The molecule has 1 aromatic rings. The van der Waals surface area contributed by atoms with Crippen LogP contribution in [0.1, 0.15) is 36.9 Å². The summed E-state index contributed by atoms with van der Waals surface area (Å²) in [5.74, 6) is 0.0367. The molecular weight excluding hydrogens is 306 g/mol. The number of nitrogens with one attached hydrogen (secondary N) is 1. The van der Waals surface area contributed by atoms with Gasteiger partial charge < -0.3 is 15.1 Å². The molecule has 1 amide bonds. The largest absolute Gasteiger partial charge is 0.351 e. The molecule has 1 unspecified atom stereocenters. The lowest BCUT2D eigenvalue weighted by molar-refractivity contribution is -0.125. The third-order valence-corrected chi connectivity index (χ3v) is 4.77. The molecule has 1 atom stereocenters. The lowest BCUT2D eigenvalue weighted by Crippen LogP contribution is -2.49. The number of amides is 1. The van der Waals surface area contributed by atoms with E-state index in [9.17, 15) is 4.79 Å². The molecule has 1 aromatic carbocycles. The lowest BCUT2D eigenvalue weighted by atomic mass is 9.93. The number of likely N-dealkylation sites (N-methyl/N-ethyl adjacent to an activating group) is 1. The van der Waals surface area contributed by atoms with Crippen LogP contribution in [0.3, 0.4) is 0 Å². The van der Waals surface area contributed by atoms with Gasteiger partial charge >= 0.3 is 0 Å². The molecular formula is C18H23N3OS. The van der Waals surface area contributed by atoms with Gasteiger partial charge in [0.05, 0.1) is 11.6 Å². The summed E-state index contributed by atoms with van der Waals surface area (Å²) in [4.78, 5) is 16.6. The molecule has 0 spiro atoms. The maximum atomic E-state index is 12.8. The van der Waals surface area contributed by atoms with Gasteiger partial charge in [-0.05, 0) is 44.5 Å². The number of allylic oxidation sites excluding steroid dienone is 1. The second-order valence-electron chi connectivity index (χ2n) is 6.60. The highest BCUT2D eigenvalue weighted by Crippen LogP contribution is 2.38. The Balaban J connectivity index is 2.10. The average Bonchev–Trinajstić information content (AvgIpc) is 3.30. The molecule has 2 aliphatic rings. The first kappa shape index (κ1) is 16.0. The second-order valence-corrected chi connectivity index (χ2v) is 6.98. The molecule has 122 valence electrons. The summed E-state index contributed by atoms with van der Waals surface area (Å²) in [7, 11) is 3.59. The Morgan fingerprint density at radius 1 is 1.30 bits per heavy atom. The summed E-state index contributed by atoms with van der Waals surface area (Å²) in [5, 5.41) is 4.13. The van der Waals surface area contributed by atoms with Crippen molar-refractivity contribution in [3.05, 3.63) is 46.7 Å². The highest BCUT2D eigenvalue weighted by molar-refractivity contribution is 7.80. The Bertz CT molecular complexity index is 691. The Morgan fingerprint density at radius 2 is 2.00 bits per heavy atom. The third kappa shape index (κ3) is 2.98. The second kappa shape index (κ2) is 5.96. The Hall–Kier alpha value is -1.88. The maximum absolute atomic E-state index is 12.8. The maximum Gasteiger partial charge on any atom is 0.253 e. The van der Waals surface area contributed by atoms with E-state index < -0.39 is 0 Å². The highest BCUT2D eigenvalue weighted by atomic mass is 32.1. The van der Waals surface area contributed by atoms with Crippen molar-refractivity contribution in [3.63, 3.8) is 0 Å². The molecule has 1 heterocycles. The first-order valence-corrected chi connectivity index (χ1v) is 8.39. The Morgan fingerprint density at radius 3 is 2.57 bits per heavy atom. The molecule has 1 N–H and O–H groups in total. The molecule has 0 saturated heterocycles.